The van der Waals surface area contributed by atoms with Gasteiger partial charge in [-0.05, 0) is 18.6 Å². The standard InChI is InChI=1S/C21H24O7/c1-23-14-9-16(24-2)15-6-13(11-28-17(15)10-14)20(22)12-7-18(25-3)21(27-5)19(8-12)26-4/h7-10,13H,6,11H2,1-5H3. The van der Waals surface area contributed by atoms with Gasteiger partial charge in [-0.2, -0.15) is 0 Å². The van der Waals surface area contributed by atoms with E-state index in [0.29, 0.717) is 46.5 Å². The Morgan fingerprint density at radius 1 is 0.857 bits per heavy atom. The van der Waals surface area contributed by atoms with Crippen molar-refractivity contribution in [2.75, 3.05) is 42.2 Å². The third-order valence-electron chi connectivity index (χ3n) is 4.81. The second kappa shape index (κ2) is 8.29. The third-order valence-corrected chi connectivity index (χ3v) is 4.81. The first-order valence-electron chi connectivity index (χ1n) is 8.78. The van der Waals surface area contributed by atoms with Crippen LogP contribution >= 0.6 is 0 Å². The number of hydrogen-bond acceptors (Lipinski definition) is 7. The highest BCUT2D eigenvalue weighted by molar-refractivity contribution is 5.99. The Kier molecular flexibility index (Phi) is 5.82. The first-order valence-corrected chi connectivity index (χ1v) is 8.78. The zero-order valence-electron chi connectivity index (χ0n) is 16.7. The largest absolute Gasteiger partial charge is 0.496 e. The van der Waals surface area contributed by atoms with Gasteiger partial charge in [0.25, 0.3) is 0 Å². The zero-order valence-corrected chi connectivity index (χ0v) is 16.7. The minimum atomic E-state index is -0.363. The summed E-state index contributed by atoms with van der Waals surface area (Å²) in [5, 5.41) is 0. The second-order valence-electron chi connectivity index (χ2n) is 6.30. The molecule has 0 aliphatic carbocycles. The smallest absolute Gasteiger partial charge is 0.203 e. The van der Waals surface area contributed by atoms with Crippen molar-refractivity contribution in [1.82, 2.24) is 0 Å². The molecule has 0 N–H and O–H groups in total. The molecular weight excluding hydrogens is 364 g/mol. The molecule has 0 saturated carbocycles. The van der Waals surface area contributed by atoms with Crippen molar-refractivity contribution in [3.05, 3.63) is 35.4 Å². The SMILES string of the molecule is COc1cc(OC)c2c(c1)OCC(C(=O)c1cc(OC)c(OC)c(OC)c1)C2. The molecule has 3 rings (SSSR count). The Morgan fingerprint density at radius 2 is 1.50 bits per heavy atom. The highest BCUT2D eigenvalue weighted by atomic mass is 16.5. The Bertz CT molecular complexity index is 833. The number of ether oxygens (including phenoxy) is 6. The number of rotatable bonds is 7. The normalized spacial score (nSPS) is 15.1. The van der Waals surface area contributed by atoms with E-state index in [1.807, 2.05) is 0 Å². The summed E-state index contributed by atoms with van der Waals surface area (Å²) in [4.78, 5) is 13.2. The number of ketones is 1. The molecule has 0 amide bonds. The number of Topliss-reactive ketones (excluding diaryl/α,β-unsaturated/α-hetero) is 1. The summed E-state index contributed by atoms with van der Waals surface area (Å²) in [6, 6.07) is 6.90. The van der Waals surface area contributed by atoms with Crippen LogP contribution in [-0.2, 0) is 6.42 Å². The summed E-state index contributed by atoms with van der Waals surface area (Å²) < 4.78 is 32.6. The van der Waals surface area contributed by atoms with Crippen molar-refractivity contribution < 1.29 is 33.2 Å². The van der Waals surface area contributed by atoms with Crippen LogP contribution in [0.4, 0.5) is 0 Å². The zero-order chi connectivity index (χ0) is 20.3. The number of fused-ring (bicyclic) bond motifs is 1. The van der Waals surface area contributed by atoms with Gasteiger partial charge in [0.15, 0.2) is 17.3 Å². The summed E-state index contributed by atoms with van der Waals surface area (Å²) >= 11 is 0. The number of benzene rings is 2. The van der Waals surface area contributed by atoms with Gasteiger partial charge in [0, 0.05) is 23.3 Å². The third kappa shape index (κ3) is 3.52. The van der Waals surface area contributed by atoms with E-state index in [9.17, 15) is 4.79 Å². The predicted octanol–water partition coefficient (Wildman–Crippen LogP) is 3.16. The number of carbonyl (C=O) groups excluding carboxylic acids is 1. The van der Waals surface area contributed by atoms with Gasteiger partial charge in [-0.15, -0.1) is 0 Å². The lowest BCUT2D eigenvalue weighted by Gasteiger charge is -2.26. The molecule has 0 aromatic heterocycles. The molecule has 7 heteroatoms. The summed E-state index contributed by atoms with van der Waals surface area (Å²) in [5.41, 5.74) is 1.32. The van der Waals surface area contributed by atoms with Gasteiger partial charge in [0.05, 0.1) is 48.1 Å². The molecule has 1 atom stereocenters. The molecule has 0 radical (unpaired) electrons. The number of hydrogen-bond donors (Lipinski definition) is 0. The summed E-state index contributed by atoms with van der Waals surface area (Å²) in [6.07, 6.45) is 0.498. The van der Waals surface area contributed by atoms with Crippen molar-refractivity contribution in [2.24, 2.45) is 5.92 Å². The molecule has 150 valence electrons. The minimum absolute atomic E-state index is 0.0669. The maximum Gasteiger partial charge on any atom is 0.203 e. The molecule has 28 heavy (non-hydrogen) atoms. The number of methoxy groups -OCH3 is 5. The summed E-state index contributed by atoms with van der Waals surface area (Å²) in [6.45, 7) is 0.263. The molecular formula is C21H24O7. The van der Waals surface area contributed by atoms with Crippen LogP contribution in [0.25, 0.3) is 0 Å². The quantitative estimate of drug-likeness (QED) is 0.675. The molecule has 0 bridgehead atoms. The fourth-order valence-corrected chi connectivity index (χ4v) is 3.35. The van der Waals surface area contributed by atoms with Crippen molar-refractivity contribution in [2.45, 2.75) is 6.42 Å². The van der Waals surface area contributed by atoms with E-state index in [0.717, 1.165) is 5.56 Å². The van der Waals surface area contributed by atoms with Crippen LogP contribution < -0.4 is 28.4 Å². The highest BCUT2D eigenvalue weighted by Gasteiger charge is 2.31. The maximum absolute atomic E-state index is 13.2. The van der Waals surface area contributed by atoms with E-state index in [1.54, 1.807) is 38.5 Å². The first-order chi connectivity index (χ1) is 13.6. The van der Waals surface area contributed by atoms with Crippen molar-refractivity contribution in [3.63, 3.8) is 0 Å². The molecule has 1 aliphatic heterocycles. The fraction of sp³-hybridized carbons (Fsp3) is 0.381. The molecule has 7 nitrogen and oxygen atoms in total. The van der Waals surface area contributed by atoms with E-state index in [2.05, 4.69) is 0 Å². The van der Waals surface area contributed by atoms with Gasteiger partial charge in [-0.25, -0.2) is 0 Å². The second-order valence-corrected chi connectivity index (χ2v) is 6.30. The Morgan fingerprint density at radius 3 is 2.04 bits per heavy atom. The van der Waals surface area contributed by atoms with Crippen molar-refractivity contribution in [3.8, 4) is 34.5 Å². The van der Waals surface area contributed by atoms with Gasteiger partial charge in [-0.1, -0.05) is 0 Å². The fourth-order valence-electron chi connectivity index (χ4n) is 3.35. The Hall–Kier alpha value is -3.09. The Balaban J connectivity index is 1.93. The highest BCUT2D eigenvalue weighted by Crippen LogP contribution is 2.41. The lowest BCUT2D eigenvalue weighted by atomic mass is 9.89. The molecule has 1 aliphatic rings. The van der Waals surface area contributed by atoms with E-state index in [-0.39, 0.29) is 18.3 Å². The van der Waals surface area contributed by atoms with E-state index in [1.165, 1.54) is 21.3 Å². The van der Waals surface area contributed by atoms with Crippen molar-refractivity contribution >= 4 is 5.78 Å². The molecule has 0 saturated heterocycles. The van der Waals surface area contributed by atoms with Gasteiger partial charge < -0.3 is 28.4 Å². The van der Waals surface area contributed by atoms with Gasteiger partial charge >= 0.3 is 0 Å². The van der Waals surface area contributed by atoms with Gasteiger partial charge in [0.2, 0.25) is 5.75 Å². The average molecular weight is 388 g/mol. The van der Waals surface area contributed by atoms with E-state index in [4.69, 9.17) is 28.4 Å². The summed E-state index contributed by atoms with van der Waals surface area (Å²) in [7, 11) is 7.72. The van der Waals surface area contributed by atoms with Crippen LogP contribution in [0.3, 0.4) is 0 Å². The van der Waals surface area contributed by atoms with E-state index < -0.39 is 0 Å². The molecule has 1 heterocycles. The first kappa shape index (κ1) is 19.7. The van der Waals surface area contributed by atoms with Gasteiger partial charge in [0.1, 0.15) is 17.2 Å². The lowest BCUT2D eigenvalue weighted by Crippen LogP contribution is -2.28. The van der Waals surface area contributed by atoms with Crippen LogP contribution in [0.2, 0.25) is 0 Å². The number of carbonyl (C=O) groups is 1. The molecule has 0 fully saturated rings. The van der Waals surface area contributed by atoms with Crippen LogP contribution in [0, 0.1) is 5.92 Å². The Labute approximate surface area is 164 Å². The lowest BCUT2D eigenvalue weighted by molar-refractivity contribution is 0.0852. The van der Waals surface area contributed by atoms with Crippen LogP contribution in [0.1, 0.15) is 15.9 Å². The minimum Gasteiger partial charge on any atom is -0.496 e. The predicted molar refractivity (Wildman–Crippen MR) is 103 cm³/mol. The summed E-state index contributed by atoms with van der Waals surface area (Å²) in [5.74, 6) is 2.84. The molecule has 0 spiro atoms. The van der Waals surface area contributed by atoms with Crippen molar-refractivity contribution in [1.29, 1.82) is 0 Å². The maximum atomic E-state index is 13.2. The molecule has 2 aromatic carbocycles. The van der Waals surface area contributed by atoms with Gasteiger partial charge in [-0.3, -0.25) is 4.79 Å². The van der Waals surface area contributed by atoms with E-state index >= 15 is 0 Å². The van der Waals surface area contributed by atoms with Crippen LogP contribution in [0.15, 0.2) is 24.3 Å². The molecule has 1 unspecified atom stereocenters. The monoisotopic (exact) mass is 388 g/mol. The molecule has 2 aromatic rings. The van der Waals surface area contributed by atoms with Crippen LogP contribution in [-0.4, -0.2) is 47.9 Å². The van der Waals surface area contributed by atoms with Crippen LogP contribution in [0.5, 0.6) is 34.5 Å². The average Bonchev–Trinajstić information content (AvgIpc) is 2.76. The topological polar surface area (TPSA) is 72.5 Å².